The molecule has 0 aromatic heterocycles. The normalized spacial score (nSPS) is 56.1. The molecule has 3 saturated carbocycles. The summed E-state index contributed by atoms with van der Waals surface area (Å²) in [6.45, 7) is 12.4. The van der Waals surface area contributed by atoms with Crippen molar-refractivity contribution in [1.82, 2.24) is 0 Å². The molecule has 13 nitrogen and oxygen atoms in total. The Morgan fingerprint density at radius 2 is 1.33 bits per heavy atom. The van der Waals surface area contributed by atoms with Crippen LogP contribution in [0.1, 0.15) is 112 Å². The third-order valence-electron chi connectivity index (χ3n) is 15.6. The van der Waals surface area contributed by atoms with Crippen molar-refractivity contribution in [3.05, 3.63) is 0 Å². The van der Waals surface area contributed by atoms with Crippen LogP contribution in [0.25, 0.3) is 0 Å². The van der Waals surface area contributed by atoms with Crippen molar-refractivity contribution in [3.63, 3.8) is 0 Å². The number of ether oxygens (including phenoxy) is 10. The fourth-order valence-electron chi connectivity index (χ4n) is 12.4. The average Bonchev–Trinajstić information content (AvgIpc) is 3.65. The third kappa shape index (κ3) is 6.75. The van der Waals surface area contributed by atoms with E-state index in [9.17, 15) is 15.0 Å². The lowest BCUT2D eigenvalue weighted by molar-refractivity contribution is -0.338. The number of carbonyl (C=O) groups is 1. The minimum Gasteiger partial charge on any atom is -0.390 e. The molecule has 21 atom stereocenters. The summed E-state index contributed by atoms with van der Waals surface area (Å²) in [5, 5.41) is 21.5. The highest BCUT2D eigenvalue weighted by atomic mass is 16.7. The quantitative estimate of drug-likeness (QED) is 0.337. The Morgan fingerprint density at radius 1 is 0.685 bits per heavy atom. The number of Topliss-reactive ketones (excluding diaryl/α,β-unsaturated/α-hetero) is 1. The van der Waals surface area contributed by atoms with Crippen molar-refractivity contribution < 1.29 is 62.4 Å². The zero-order valence-corrected chi connectivity index (χ0v) is 33.6. The van der Waals surface area contributed by atoms with Crippen LogP contribution in [-0.4, -0.2) is 128 Å². The van der Waals surface area contributed by atoms with Crippen LogP contribution in [-0.2, 0) is 52.2 Å². The topological polar surface area (TPSA) is 150 Å². The molecule has 8 aliphatic rings. The predicted octanol–water partition coefficient (Wildman–Crippen LogP) is 4.40. The molecule has 5 aliphatic heterocycles. The molecule has 0 radical (unpaired) electrons. The number of ketones is 1. The summed E-state index contributed by atoms with van der Waals surface area (Å²) in [7, 11) is 3.24. The molecule has 0 aromatic carbocycles. The van der Waals surface area contributed by atoms with Gasteiger partial charge >= 0.3 is 0 Å². The molecular weight excluding hydrogens is 700 g/mol. The summed E-state index contributed by atoms with van der Waals surface area (Å²) in [4.78, 5) is 13.3. The monoisotopic (exact) mass is 766 g/mol. The van der Waals surface area contributed by atoms with Gasteiger partial charge in [0.05, 0.1) is 60.4 Å². The number of aliphatic hydroxyl groups excluding tert-OH is 2. The number of hydrogen-bond donors (Lipinski definition) is 2. The minimum absolute atomic E-state index is 0.0109. The summed E-state index contributed by atoms with van der Waals surface area (Å²) in [6, 6.07) is 0. The highest BCUT2D eigenvalue weighted by Gasteiger charge is 2.70. The second-order valence-corrected chi connectivity index (χ2v) is 18.5. The van der Waals surface area contributed by atoms with Crippen LogP contribution >= 0.6 is 0 Å². The Labute approximate surface area is 320 Å². The van der Waals surface area contributed by atoms with Gasteiger partial charge in [0.15, 0.2) is 24.7 Å². The molecule has 2 N–H and O–H groups in total. The van der Waals surface area contributed by atoms with Gasteiger partial charge in [-0.15, -0.1) is 0 Å². The highest BCUT2D eigenvalue weighted by molar-refractivity contribution is 5.88. The molecule has 0 aromatic rings. The Balaban J connectivity index is 0.848. The molecule has 308 valence electrons. The average molecular weight is 767 g/mol. The first-order chi connectivity index (χ1) is 25.7. The fraction of sp³-hybridized carbons (Fsp3) is 0.976. The molecular formula is C41H66O13. The largest absolute Gasteiger partial charge is 0.390 e. The van der Waals surface area contributed by atoms with Crippen LogP contribution in [0.4, 0.5) is 0 Å². The number of hydrogen-bond acceptors (Lipinski definition) is 13. The number of fused-ring (bicyclic) bond motifs is 5. The Bertz CT molecular complexity index is 1340. The zero-order valence-electron chi connectivity index (χ0n) is 33.6. The van der Waals surface area contributed by atoms with Gasteiger partial charge in [-0.3, -0.25) is 4.79 Å². The van der Waals surface area contributed by atoms with Crippen molar-refractivity contribution >= 4 is 5.78 Å². The summed E-state index contributed by atoms with van der Waals surface area (Å²) in [5.41, 5.74) is -0.406. The van der Waals surface area contributed by atoms with Crippen LogP contribution in [0.5, 0.6) is 0 Å². The summed E-state index contributed by atoms with van der Waals surface area (Å²) in [6.07, 6.45) is 1.92. The predicted molar refractivity (Wildman–Crippen MR) is 192 cm³/mol. The molecule has 1 spiro atoms. The molecule has 5 heterocycles. The summed E-state index contributed by atoms with van der Waals surface area (Å²) >= 11 is 0. The highest BCUT2D eigenvalue weighted by Crippen LogP contribution is 2.67. The maximum absolute atomic E-state index is 13.3. The Kier molecular flexibility index (Phi) is 11.2. The van der Waals surface area contributed by atoms with Crippen LogP contribution < -0.4 is 0 Å². The fourth-order valence-corrected chi connectivity index (χ4v) is 12.4. The van der Waals surface area contributed by atoms with Crippen molar-refractivity contribution in [1.29, 1.82) is 0 Å². The molecule has 8 rings (SSSR count). The van der Waals surface area contributed by atoms with E-state index >= 15 is 0 Å². The van der Waals surface area contributed by atoms with Crippen LogP contribution in [0.3, 0.4) is 0 Å². The van der Waals surface area contributed by atoms with Gasteiger partial charge in [0, 0.05) is 58.2 Å². The Morgan fingerprint density at radius 3 is 2.06 bits per heavy atom. The molecule has 0 amide bonds. The van der Waals surface area contributed by atoms with E-state index in [0.29, 0.717) is 31.0 Å². The van der Waals surface area contributed by atoms with E-state index in [-0.39, 0.29) is 54.2 Å². The lowest BCUT2D eigenvalue weighted by Gasteiger charge is -2.57. The van der Waals surface area contributed by atoms with E-state index in [0.717, 1.165) is 44.9 Å². The maximum atomic E-state index is 13.3. The molecule has 5 saturated heterocycles. The molecule has 13 heteroatoms. The zero-order chi connectivity index (χ0) is 38.3. The van der Waals surface area contributed by atoms with E-state index in [1.54, 1.807) is 21.1 Å². The van der Waals surface area contributed by atoms with Crippen LogP contribution in [0, 0.1) is 28.6 Å². The molecule has 54 heavy (non-hydrogen) atoms. The second-order valence-electron chi connectivity index (χ2n) is 18.5. The summed E-state index contributed by atoms with van der Waals surface area (Å²) in [5.74, 6) is 0.723. The number of carbonyl (C=O) groups excluding carboxylic acids is 1. The molecule has 8 fully saturated rings. The van der Waals surface area contributed by atoms with E-state index in [1.165, 1.54) is 0 Å². The first-order valence-electron chi connectivity index (χ1n) is 20.9. The smallest absolute Gasteiger partial charge is 0.172 e. The first-order valence-corrected chi connectivity index (χ1v) is 20.9. The van der Waals surface area contributed by atoms with E-state index in [1.807, 2.05) is 13.8 Å². The molecule has 2 bridgehead atoms. The van der Waals surface area contributed by atoms with Gasteiger partial charge < -0.3 is 57.6 Å². The number of methoxy groups -OCH3 is 2. The lowest BCUT2D eigenvalue weighted by Crippen LogP contribution is -2.58. The standard InChI is InChI=1S/C41H66O13/c1-20-26-9-10-31(43)40(26,6)32-19-30-39(5)13-12-25(15-24(39)11-14-41(30,53-20)54-32)50-34-18-29(46-8)38(23(4)49-34)52-33-16-27(42)37(22(3)48-33)51-35-17-28(45-7)36(44)21(2)47-35/h20-30,32-38,42,44H,9-19H2,1-8H3/t20-,21+,22+,23+,24-,25-,26-,27-,28+,29+,30+,32+,33-,34-,35-,36+,37+,38+,39-,40+,41-/m0/s1. The SMILES string of the molecule is CO[C@@H]1C[C@H](O[C@H]2[C@@H](O)C[C@H](O[C@@H]3[C@@H](C)O[C@@H](O[C@H]4CC[C@@]5(C)[C@@H](CC[C@@]67O[C@@H](C)[C@@H]8CCC(=O)[C@]8(C)[C@@H](C[C@@H]65)O7)C4)C[C@H]3OC)O[C@@H]2C)O[C@H](C)[C@H]1O. The van der Waals surface area contributed by atoms with Crippen LogP contribution in [0.15, 0.2) is 0 Å². The molecule has 3 aliphatic carbocycles. The Hall–Kier alpha value is -0.810. The first kappa shape index (κ1) is 40.0. The lowest BCUT2D eigenvalue weighted by atomic mass is 9.52. The second kappa shape index (κ2) is 15.1. The van der Waals surface area contributed by atoms with Crippen LogP contribution in [0.2, 0.25) is 0 Å². The summed E-state index contributed by atoms with van der Waals surface area (Å²) < 4.78 is 63.2. The van der Waals surface area contributed by atoms with Crippen molar-refractivity contribution in [3.8, 4) is 0 Å². The van der Waals surface area contributed by atoms with E-state index in [2.05, 4.69) is 20.8 Å². The van der Waals surface area contributed by atoms with Gasteiger partial charge in [0.25, 0.3) is 0 Å². The number of aliphatic hydroxyl groups is 2. The van der Waals surface area contributed by atoms with Gasteiger partial charge in [-0.05, 0) is 84.5 Å². The van der Waals surface area contributed by atoms with Gasteiger partial charge in [0.1, 0.15) is 24.1 Å². The van der Waals surface area contributed by atoms with E-state index < -0.39 is 72.8 Å². The number of rotatable bonds is 8. The molecule has 0 unspecified atom stereocenters. The maximum Gasteiger partial charge on any atom is 0.172 e. The third-order valence-corrected chi connectivity index (χ3v) is 15.6. The van der Waals surface area contributed by atoms with Crippen molar-refractivity contribution in [2.75, 3.05) is 14.2 Å². The van der Waals surface area contributed by atoms with Gasteiger partial charge in [-0.25, -0.2) is 0 Å². The van der Waals surface area contributed by atoms with Gasteiger partial charge in [-0.1, -0.05) is 6.92 Å². The minimum atomic E-state index is -0.853. The van der Waals surface area contributed by atoms with E-state index in [4.69, 9.17) is 47.4 Å². The van der Waals surface area contributed by atoms with Crippen molar-refractivity contribution in [2.24, 2.45) is 28.6 Å². The van der Waals surface area contributed by atoms with Crippen molar-refractivity contribution in [2.45, 2.75) is 210 Å². The van der Waals surface area contributed by atoms with Gasteiger partial charge in [-0.2, -0.15) is 0 Å². The van der Waals surface area contributed by atoms with Gasteiger partial charge in [0.2, 0.25) is 0 Å².